The van der Waals surface area contributed by atoms with Crippen molar-refractivity contribution < 1.29 is 9.47 Å². The summed E-state index contributed by atoms with van der Waals surface area (Å²) in [6.07, 6.45) is 1.10. The minimum Gasteiger partial charge on any atom is -0.383 e. The molecule has 0 aromatic heterocycles. The van der Waals surface area contributed by atoms with Gasteiger partial charge in [0.05, 0.1) is 19.3 Å². The van der Waals surface area contributed by atoms with Crippen LogP contribution in [-0.4, -0.2) is 39.5 Å². The quantitative estimate of drug-likeness (QED) is 0.631. The van der Waals surface area contributed by atoms with Gasteiger partial charge in [-0.15, -0.1) is 0 Å². The van der Waals surface area contributed by atoms with Crippen molar-refractivity contribution in [2.24, 2.45) is 5.41 Å². The van der Waals surface area contributed by atoms with Crippen LogP contribution in [0.5, 0.6) is 0 Å². The zero-order chi connectivity index (χ0) is 11.7. The third-order valence-electron chi connectivity index (χ3n) is 2.18. The van der Waals surface area contributed by atoms with E-state index in [2.05, 4.69) is 33.0 Å². The molecule has 0 aliphatic heterocycles. The van der Waals surface area contributed by atoms with Crippen LogP contribution in [0.1, 0.15) is 34.1 Å². The predicted octanol–water partition coefficient (Wildman–Crippen LogP) is 2.06. The maximum atomic E-state index is 5.63. The highest BCUT2D eigenvalue weighted by Gasteiger charge is 2.11. The largest absolute Gasteiger partial charge is 0.383 e. The van der Waals surface area contributed by atoms with Gasteiger partial charge in [0.15, 0.2) is 0 Å². The number of rotatable bonds is 8. The first-order valence-electron chi connectivity index (χ1n) is 5.79. The fourth-order valence-corrected chi connectivity index (χ4v) is 1.26. The van der Waals surface area contributed by atoms with Crippen LogP contribution in [0.4, 0.5) is 0 Å². The van der Waals surface area contributed by atoms with Crippen molar-refractivity contribution in [2.75, 3.05) is 33.5 Å². The summed E-state index contributed by atoms with van der Waals surface area (Å²) in [5.41, 5.74) is 0.356. The monoisotopic (exact) mass is 217 g/mol. The molecule has 0 aliphatic carbocycles. The Kier molecular flexibility index (Phi) is 8.02. The number of hydrogen-bond donors (Lipinski definition) is 1. The Balaban J connectivity index is 3.52. The summed E-state index contributed by atoms with van der Waals surface area (Å²) in [6.45, 7) is 12.0. The van der Waals surface area contributed by atoms with Gasteiger partial charge in [0.1, 0.15) is 0 Å². The van der Waals surface area contributed by atoms with E-state index in [1.807, 2.05) is 0 Å². The summed E-state index contributed by atoms with van der Waals surface area (Å²) in [6, 6.07) is 0.319. The van der Waals surface area contributed by atoms with Gasteiger partial charge in [-0.05, 0) is 18.4 Å². The number of nitrogens with one attached hydrogen (secondary N) is 1. The van der Waals surface area contributed by atoms with Crippen LogP contribution in [0.15, 0.2) is 0 Å². The molecule has 0 spiro atoms. The van der Waals surface area contributed by atoms with Crippen LogP contribution in [0.3, 0.4) is 0 Å². The molecule has 1 N–H and O–H groups in total. The standard InChI is InChI=1S/C12H27NO2/c1-6-13-11(9-14-5)10-15-8-7-12(2,3)4/h11,13H,6-10H2,1-5H3. The lowest BCUT2D eigenvalue weighted by Gasteiger charge is -2.20. The predicted molar refractivity (Wildman–Crippen MR) is 64.2 cm³/mol. The van der Waals surface area contributed by atoms with Crippen LogP contribution in [-0.2, 0) is 9.47 Å². The molecule has 92 valence electrons. The molecule has 0 amide bonds. The fraction of sp³-hybridized carbons (Fsp3) is 1.00. The van der Waals surface area contributed by atoms with Gasteiger partial charge in [0.2, 0.25) is 0 Å². The molecule has 3 heteroatoms. The average molecular weight is 217 g/mol. The maximum Gasteiger partial charge on any atom is 0.0642 e. The Morgan fingerprint density at radius 1 is 1.20 bits per heavy atom. The average Bonchev–Trinajstić information content (AvgIpc) is 2.11. The SMILES string of the molecule is CCNC(COC)COCCC(C)(C)C. The minimum atomic E-state index is 0.319. The van der Waals surface area contributed by atoms with E-state index in [1.165, 1.54) is 0 Å². The summed E-state index contributed by atoms with van der Waals surface area (Å²) in [4.78, 5) is 0. The fourth-order valence-electron chi connectivity index (χ4n) is 1.26. The van der Waals surface area contributed by atoms with E-state index in [0.29, 0.717) is 18.1 Å². The van der Waals surface area contributed by atoms with E-state index < -0.39 is 0 Å². The molecule has 0 bridgehead atoms. The van der Waals surface area contributed by atoms with Gasteiger partial charge in [0, 0.05) is 13.7 Å². The smallest absolute Gasteiger partial charge is 0.0642 e. The highest BCUT2D eigenvalue weighted by molar-refractivity contribution is 4.65. The number of hydrogen-bond acceptors (Lipinski definition) is 3. The van der Waals surface area contributed by atoms with Crippen molar-refractivity contribution in [1.82, 2.24) is 5.32 Å². The van der Waals surface area contributed by atoms with Crippen molar-refractivity contribution >= 4 is 0 Å². The maximum absolute atomic E-state index is 5.63. The van der Waals surface area contributed by atoms with Gasteiger partial charge >= 0.3 is 0 Å². The lowest BCUT2D eigenvalue weighted by molar-refractivity contribution is 0.0624. The van der Waals surface area contributed by atoms with E-state index in [0.717, 1.165) is 26.2 Å². The molecule has 3 nitrogen and oxygen atoms in total. The summed E-state index contributed by atoms with van der Waals surface area (Å²) in [5.74, 6) is 0. The van der Waals surface area contributed by atoms with E-state index >= 15 is 0 Å². The molecule has 0 aliphatic rings. The van der Waals surface area contributed by atoms with Crippen LogP contribution >= 0.6 is 0 Å². The second-order valence-electron chi connectivity index (χ2n) is 5.10. The Hall–Kier alpha value is -0.120. The first-order chi connectivity index (χ1) is 6.99. The molecule has 1 atom stereocenters. The molecule has 0 rings (SSSR count). The number of likely N-dealkylation sites (N-methyl/N-ethyl adjacent to an activating group) is 1. The molecule has 0 saturated heterocycles. The number of methoxy groups -OCH3 is 1. The van der Waals surface area contributed by atoms with E-state index in [4.69, 9.17) is 9.47 Å². The molecule has 0 aromatic rings. The number of ether oxygens (including phenoxy) is 2. The van der Waals surface area contributed by atoms with Crippen LogP contribution in [0.2, 0.25) is 0 Å². The molecule has 0 heterocycles. The van der Waals surface area contributed by atoms with Crippen molar-refractivity contribution in [1.29, 1.82) is 0 Å². The van der Waals surface area contributed by atoms with Gasteiger partial charge < -0.3 is 14.8 Å². The second-order valence-corrected chi connectivity index (χ2v) is 5.10. The van der Waals surface area contributed by atoms with Crippen LogP contribution in [0.25, 0.3) is 0 Å². The minimum absolute atomic E-state index is 0.319. The Labute approximate surface area is 94.5 Å². The van der Waals surface area contributed by atoms with Crippen molar-refractivity contribution in [2.45, 2.75) is 40.2 Å². The van der Waals surface area contributed by atoms with Crippen molar-refractivity contribution in [3.8, 4) is 0 Å². The molecule has 1 unspecified atom stereocenters. The second kappa shape index (κ2) is 8.08. The Morgan fingerprint density at radius 3 is 2.33 bits per heavy atom. The summed E-state index contributed by atoms with van der Waals surface area (Å²) < 4.78 is 10.7. The first kappa shape index (κ1) is 14.9. The summed E-state index contributed by atoms with van der Waals surface area (Å²) in [7, 11) is 1.72. The van der Waals surface area contributed by atoms with Gasteiger partial charge in [-0.3, -0.25) is 0 Å². The molecule has 0 fully saturated rings. The molecule has 0 aromatic carbocycles. The third-order valence-corrected chi connectivity index (χ3v) is 2.18. The topological polar surface area (TPSA) is 30.5 Å². The zero-order valence-corrected chi connectivity index (χ0v) is 10.9. The molecule has 0 radical (unpaired) electrons. The molecule has 0 saturated carbocycles. The normalized spacial score (nSPS) is 14.2. The van der Waals surface area contributed by atoms with Crippen LogP contribution < -0.4 is 5.32 Å². The molecular weight excluding hydrogens is 190 g/mol. The van der Waals surface area contributed by atoms with Gasteiger partial charge in [-0.2, -0.15) is 0 Å². The molecular formula is C12H27NO2. The van der Waals surface area contributed by atoms with E-state index in [9.17, 15) is 0 Å². The first-order valence-corrected chi connectivity index (χ1v) is 5.79. The lowest BCUT2D eigenvalue weighted by Crippen LogP contribution is -2.37. The highest BCUT2D eigenvalue weighted by Crippen LogP contribution is 2.17. The third kappa shape index (κ3) is 10.2. The molecule has 15 heavy (non-hydrogen) atoms. The lowest BCUT2D eigenvalue weighted by atomic mass is 9.93. The summed E-state index contributed by atoms with van der Waals surface area (Å²) >= 11 is 0. The Bertz CT molecular complexity index is 137. The van der Waals surface area contributed by atoms with Gasteiger partial charge in [-0.25, -0.2) is 0 Å². The summed E-state index contributed by atoms with van der Waals surface area (Å²) in [5, 5.41) is 3.33. The Morgan fingerprint density at radius 2 is 1.87 bits per heavy atom. The highest BCUT2D eigenvalue weighted by atomic mass is 16.5. The van der Waals surface area contributed by atoms with Gasteiger partial charge in [0.25, 0.3) is 0 Å². The van der Waals surface area contributed by atoms with E-state index in [1.54, 1.807) is 7.11 Å². The van der Waals surface area contributed by atoms with Crippen molar-refractivity contribution in [3.63, 3.8) is 0 Å². The van der Waals surface area contributed by atoms with Crippen molar-refractivity contribution in [3.05, 3.63) is 0 Å². The van der Waals surface area contributed by atoms with E-state index in [-0.39, 0.29) is 0 Å². The van der Waals surface area contributed by atoms with Crippen LogP contribution in [0, 0.1) is 5.41 Å². The zero-order valence-electron chi connectivity index (χ0n) is 10.9. The van der Waals surface area contributed by atoms with Gasteiger partial charge in [-0.1, -0.05) is 27.7 Å².